The largest absolute Gasteiger partial charge is 0.331 e. The molecule has 100 valence electrons. The van der Waals surface area contributed by atoms with Crippen molar-refractivity contribution < 1.29 is 0 Å². The van der Waals surface area contributed by atoms with Gasteiger partial charge in [-0.1, -0.05) is 63.1 Å². The lowest BCUT2D eigenvalue weighted by Gasteiger charge is -2.10. The molecular formula is C17H22N2. The summed E-state index contributed by atoms with van der Waals surface area (Å²) in [5, 5.41) is 0. The summed E-state index contributed by atoms with van der Waals surface area (Å²) in [6.45, 7) is 7.45. The van der Waals surface area contributed by atoms with Crippen LogP contribution in [0.5, 0.6) is 0 Å². The fraction of sp³-hybridized carbons (Fsp3) is 0.353. The van der Waals surface area contributed by atoms with Gasteiger partial charge < -0.3 is 4.57 Å². The summed E-state index contributed by atoms with van der Waals surface area (Å²) in [7, 11) is 0. The fourth-order valence-corrected chi connectivity index (χ4v) is 2.24. The Morgan fingerprint density at radius 3 is 2.68 bits per heavy atom. The Hall–Kier alpha value is -1.83. The van der Waals surface area contributed by atoms with Gasteiger partial charge >= 0.3 is 0 Å². The quantitative estimate of drug-likeness (QED) is 0.664. The van der Waals surface area contributed by atoms with E-state index < -0.39 is 0 Å². The number of unbranched alkanes of at least 4 members (excludes halogenated alkanes) is 3. The molecule has 0 fully saturated rings. The van der Waals surface area contributed by atoms with Crippen molar-refractivity contribution in [3.8, 4) is 0 Å². The second-order valence-corrected chi connectivity index (χ2v) is 4.85. The molecule has 2 heteroatoms. The highest BCUT2D eigenvalue weighted by Crippen LogP contribution is 2.20. The Balaban J connectivity index is 2.05. The molecule has 0 aliphatic carbocycles. The molecule has 0 aliphatic heterocycles. The lowest BCUT2D eigenvalue weighted by atomic mass is 10.1. The highest BCUT2D eigenvalue weighted by Gasteiger charge is 2.08. The molecule has 1 aromatic carbocycles. The van der Waals surface area contributed by atoms with Crippen molar-refractivity contribution in [3.05, 3.63) is 60.7 Å². The van der Waals surface area contributed by atoms with Gasteiger partial charge in [0.1, 0.15) is 5.82 Å². The standard InChI is InChI=1S/C17H22N2/c1-3-4-5-9-13-19-14-12-18-17(19)15(2)16-10-7-6-8-11-16/h6-8,10-12,14H,2-5,9,13H2,1H3. The normalized spacial score (nSPS) is 10.6. The lowest BCUT2D eigenvalue weighted by Crippen LogP contribution is -2.03. The summed E-state index contributed by atoms with van der Waals surface area (Å²) in [6, 6.07) is 10.3. The molecular weight excluding hydrogens is 232 g/mol. The Kier molecular flexibility index (Phi) is 4.96. The maximum Gasteiger partial charge on any atom is 0.139 e. The first-order chi connectivity index (χ1) is 9.33. The summed E-state index contributed by atoms with van der Waals surface area (Å²) >= 11 is 0. The zero-order valence-corrected chi connectivity index (χ0v) is 11.7. The molecule has 0 amide bonds. The zero-order valence-electron chi connectivity index (χ0n) is 11.7. The van der Waals surface area contributed by atoms with Crippen LogP contribution in [-0.4, -0.2) is 9.55 Å². The van der Waals surface area contributed by atoms with E-state index in [0.717, 1.165) is 23.5 Å². The van der Waals surface area contributed by atoms with Gasteiger partial charge in [0.25, 0.3) is 0 Å². The van der Waals surface area contributed by atoms with E-state index >= 15 is 0 Å². The maximum absolute atomic E-state index is 4.45. The smallest absolute Gasteiger partial charge is 0.139 e. The summed E-state index contributed by atoms with van der Waals surface area (Å²) in [5.74, 6) is 0.989. The molecule has 0 N–H and O–H groups in total. The van der Waals surface area contributed by atoms with E-state index in [1.165, 1.54) is 25.7 Å². The molecule has 0 aliphatic rings. The number of nitrogens with zero attached hydrogens (tertiary/aromatic N) is 2. The van der Waals surface area contributed by atoms with E-state index in [1.54, 1.807) is 0 Å². The minimum atomic E-state index is 0.989. The Morgan fingerprint density at radius 1 is 1.16 bits per heavy atom. The van der Waals surface area contributed by atoms with Gasteiger partial charge in [0.15, 0.2) is 0 Å². The van der Waals surface area contributed by atoms with Gasteiger partial charge in [-0.15, -0.1) is 0 Å². The number of benzene rings is 1. The molecule has 0 bridgehead atoms. The molecule has 0 spiro atoms. The SMILES string of the molecule is C=C(c1ccccc1)c1nccn1CCCCCC. The maximum atomic E-state index is 4.45. The third kappa shape index (κ3) is 3.57. The van der Waals surface area contributed by atoms with Gasteiger partial charge in [-0.25, -0.2) is 4.98 Å². The first-order valence-corrected chi connectivity index (χ1v) is 7.08. The molecule has 1 heterocycles. The summed E-state index contributed by atoms with van der Waals surface area (Å²) in [4.78, 5) is 4.45. The van der Waals surface area contributed by atoms with Crippen LogP contribution in [0.1, 0.15) is 44.0 Å². The van der Waals surface area contributed by atoms with E-state index in [1.807, 2.05) is 24.4 Å². The molecule has 0 atom stereocenters. The van der Waals surface area contributed by atoms with Crippen LogP contribution in [0.15, 0.2) is 49.3 Å². The predicted molar refractivity (Wildman–Crippen MR) is 80.9 cm³/mol. The van der Waals surface area contributed by atoms with E-state index in [-0.39, 0.29) is 0 Å². The van der Waals surface area contributed by atoms with Crippen molar-refractivity contribution >= 4 is 5.57 Å². The molecule has 0 unspecified atom stereocenters. The van der Waals surface area contributed by atoms with Gasteiger partial charge in [-0.2, -0.15) is 0 Å². The van der Waals surface area contributed by atoms with Crippen molar-refractivity contribution in [1.82, 2.24) is 9.55 Å². The van der Waals surface area contributed by atoms with E-state index in [9.17, 15) is 0 Å². The number of aryl methyl sites for hydroxylation is 1. The van der Waals surface area contributed by atoms with Gasteiger partial charge in [0, 0.05) is 24.5 Å². The molecule has 2 nitrogen and oxygen atoms in total. The first kappa shape index (κ1) is 13.6. The first-order valence-electron chi connectivity index (χ1n) is 7.08. The third-order valence-corrected chi connectivity index (χ3v) is 3.36. The molecule has 2 aromatic rings. The topological polar surface area (TPSA) is 17.8 Å². The van der Waals surface area contributed by atoms with Crippen LogP contribution >= 0.6 is 0 Å². The van der Waals surface area contributed by atoms with Crippen LogP contribution in [-0.2, 0) is 6.54 Å². The van der Waals surface area contributed by atoms with Gasteiger partial charge in [-0.3, -0.25) is 0 Å². The Morgan fingerprint density at radius 2 is 1.95 bits per heavy atom. The van der Waals surface area contributed by atoms with Crippen molar-refractivity contribution in [1.29, 1.82) is 0 Å². The fourth-order valence-electron chi connectivity index (χ4n) is 2.24. The van der Waals surface area contributed by atoms with Crippen LogP contribution in [0.4, 0.5) is 0 Å². The van der Waals surface area contributed by atoms with Crippen molar-refractivity contribution in [2.45, 2.75) is 39.2 Å². The monoisotopic (exact) mass is 254 g/mol. The zero-order chi connectivity index (χ0) is 13.5. The van der Waals surface area contributed by atoms with Gasteiger partial charge in [-0.05, 0) is 12.0 Å². The molecule has 0 radical (unpaired) electrons. The number of hydrogen-bond acceptors (Lipinski definition) is 1. The summed E-state index contributed by atoms with van der Waals surface area (Å²) < 4.78 is 2.21. The van der Waals surface area contributed by atoms with Crippen LogP contribution in [0.3, 0.4) is 0 Å². The van der Waals surface area contributed by atoms with Crippen LogP contribution in [0.2, 0.25) is 0 Å². The Labute approximate surface area is 115 Å². The van der Waals surface area contributed by atoms with Gasteiger partial charge in [0.2, 0.25) is 0 Å². The van der Waals surface area contributed by atoms with Crippen LogP contribution in [0, 0.1) is 0 Å². The molecule has 1 aromatic heterocycles. The number of rotatable bonds is 7. The number of aromatic nitrogens is 2. The average molecular weight is 254 g/mol. The molecule has 0 saturated heterocycles. The molecule has 19 heavy (non-hydrogen) atoms. The summed E-state index contributed by atoms with van der Waals surface area (Å²) in [6.07, 6.45) is 8.99. The van der Waals surface area contributed by atoms with E-state index in [2.05, 4.69) is 41.4 Å². The molecule has 0 saturated carbocycles. The van der Waals surface area contributed by atoms with Crippen LogP contribution in [0.25, 0.3) is 5.57 Å². The van der Waals surface area contributed by atoms with Crippen molar-refractivity contribution in [2.24, 2.45) is 0 Å². The molecule has 2 rings (SSSR count). The highest BCUT2D eigenvalue weighted by atomic mass is 15.1. The number of imidazole rings is 1. The minimum absolute atomic E-state index is 0.989. The van der Waals surface area contributed by atoms with Crippen LogP contribution < -0.4 is 0 Å². The predicted octanol–water partition coefficient (Wildman–Crippen LogP) is 4.52. The van der Waals surface area contributed by atoms with E-state index in [4.69, 9.17) is 0 Å². The van der Waals surface area contributed by atoms with E-state index in [0.29, 0.717) is 0 Å². The second kappa shape index (κ2) is 6.93. The number of hydrogen-bond donors (Lipinski definition) is 0. The van der Waals surface area contributed by atoms with Crippen molar-refractivity contribution in [3.63, 3.8) is 0 Å². The van der Waals surface area contributed by atoms with Gasteiger partial charge in [0.05, 0.1) is 0 Å². The second-order valence-electron chi connectivity index (χ2n) is 4.85. The average Bonchev–Trinajstić information content (AvgIpc) is 2.92. The van der Waals surface area contributed by atoms with Crippen molar-refractivity contribution in [2.75, 3.05) is 0 Å². The minimum Gasteiger partial charge on any atom is -0.331 e. The highest BCUT2D eigenvalue weighted by molar-refractivity contribution is 5.74. The summed E-state index contributed by atoms with van der Waals surface area (Å²) in [5.41, 5.74) is 2.14. The Bertz CT molecular complexity index is 511. The third-order valence-electron chi connectivity index (χ3n) is 3.36. The lowest BCUT2D eigenvalue weighted by molar-refractivity contribution is 0.579.